The average molecular weight is 265 g/mol. The number of rotatable bonds is 5. The highest BCUT2D eigenvalue weighted by molar-refractivity contribution is 5.28. The highest BCUT2D eigenvalue weighted by Crippen LogP contribution is 2.17. The summed E-state index contributed by atoms with van der Waals surface area (Å²) in [4.78, 5) is 2.58. The van der Waals surface area contributed by atoms with Crippen LogP contribution in [0.3, 0.4) is 0 Å². The van der Waals surface area contributed by atoms with Crippen LogP contribution < -0.4 is 0 Å². The molecular weight excluding hydrogens is 242 g/mol. The van der Waals surface area contributed by atoms with Crippen molar-refractivity contribution in [3.8, 4) is 0 Å². The van der Waals surface area contributed by atoms with Crippen molar-refractivity contribution in [3.05, 3.63) is 71.3 Å². The lowest BCUT2D eigenvalue weighted by Gasteiger charge is -2.17. The van der Waals surface area contributed by atoms with Crippen LogP contribution in [0.5, 0.6) is 0 Å². The molecule has 1 heteroatoms. The lowest BCUT2D eigenvalue weighted by molar-refractivity contribution is 0.330. The first-order valence-corrected chi connectivity index (χ1v) is 7.75. The van der Waals surface area contributed by atoms with Gasteiger partial charge in [-0.3, -0.25) is 4.90 Å². The van der Waals surface area contributed by atoms with Gasteiger partial charge in [0.2, 0.25) is 0 Å². The molecule has 104 valence electrons. The molecule has 0 atom stereocenters. The second-order valence-corrected chi connectivity index (χ2v) is 5.74. The second kappa shape index (κ2) is 6.71. The predicted molar refractivity (Wildman–Crippen MR) is 84.8 cm³/mol. The second-order valence-electron chi connectivity index (χ2n) is 5.74. The summed E-state index contributed by atoms with van der Waals surface area (Å²) in [6.07, 6.45) is 5.02. The number of likely N-dealkylation sites (tertiary alicyclic amines) is 1. The van der Waals surface area contributed by atoms with Crippen LogP contribution in [0.25, 0.3) is 0 Å². The van der Waals surface area contributed by atoms with Crippen molar-refractivity contribution in [1.82, 2.24) is 4.90 Å². The third kappa shape index (κ3) is 3.49. The molecule has 1 nitrogen and oxygen atoms in total. The maximum Gasteiger partial charge on any atom is 0.0236 e. The minimum Gasteiger partial charge on any atom is -0.299 e. The van der Waals surface area contributed by atoms with Gasteiger partial charge in [-0.2, -0.15) is 0 Å². The van der Waals surface area contributed by atoms with Crippen LogP contribution in [0.4, 0.5) is 0 Å². The fourth-order valence-electron chi connectivity index (χ4n) is 3.06. The topological polar surface area (TPSA) is 3.24 Å². The Hall–Kier alpha value is -1.60. The highest BCUT2D eigenvalue weighted by Gasteiger charge is 2.13. The molecule has 1 saturated heterocycles. The van der Waals surface area contributed by atoms with Gasteiger partial charge in [-0.05, 0) is 55.5 Å². The van der Waals surface area contributed by atoms with E-state index in [0.717, 1.165) is 19.4 Å². The van der Waals surface area contributed by atoms with Gasteiger partial charge in [0, 0.05) is 6.54 Å². The molecule has 1 aliphatic heterocycles. The fraction of sp³-hybridized carbons (Fsp3) is 0.368. The SMILES string of the molecule is c1ccc(CCc2ccccc2CN2CCCC2)cc1. The minimum atomic E-state index is 1.13. The minimum absolute atomic E-state index is 1.13. The third-order valence-electron chi connectivity index (χ3n) is 4.24. The van der Waals surface area contributed by atoms with E-state index in [-0.39, 0.29) is 0 Å². The van der Waals surface area contributed by atoms with Crippen LogP contribution in [0.15, 0.2) is 54.6 Å². The highest BCUT2D eigenvalue weighted by atomic mass is 15.1. The molecule has 2 aromatic rings. The van der Waals surface area contributed by atoms with Crippen molar-refractivity contribution in [2.75, 3.05) is 13.1 Å². The first-order chi connectivity index (χ1) is 9.92. The Kier molecular flexibility index (Phi) is 4.49. The van der Waals surface area contributed by atoms with E-state index in [1.807, 2.05) is 0 Å². The maximum absolute atomic E-state index is 2.58. The average Bonchev–Trinajstić information content (AvgIpc) is 3.00. The quantitative estimate of drug-likeness (QED) is 0.788. The van der Waals surface area contributed by atoms with Crippen molar-refractivity contribution >= 4 is 0 Å². The summed E-state index contributed by atoms with van der Waals surface area (Å²) >= 11 is 0. The van der Waals surface area contributed by atoms with Gasteiger partial charge in [0.1, 0.15) is 0 Å². The molecular formula is C19H23N. The lowest BCUT2D eigenvalue weighted by atomic mass is 9.99. The van der Waals surface area contributed by atoms with E-state index in [1.165, 1.54) is 42.6 Å². The Labute approximate surface area is 122 Å². The van der Waals surface area contributed by atoms with Gasteiger partial charge in [-0.15, -0.1) is 0 Å². The van der Waals surface area contributed by atoms with E-state index in [9.17, 15) is 0 Å². The van der Waals surface area contributed by atoms with Gasteiger partial charge in [-0.1, -0.05) is 54.6 Å². The van der Waals surface area contributed by atoms with E-state index >= 15 is 0 Å². The Balaban J connectivity index is 1.66. The molecule has 1 heterocycles. The molecule has 0 amide bonds. The summed E-state index contributed by atoms with van der Waals surface area (Å²) in [6.45, 7) is 3.67. The summed E-state index contributed by atoms with van der Waals surface area (Å²) in [7, 11) is 0. The van der Waals surface area contributed by atoms with Crippen LogP contribution in [-0.2, 0) is 19.4 Å². The monoisotopic (exact) mass is 265 g/mol. The first-order valence-electron chi connectivity index (χ1n) is 7.75. The van der Waals surface area contributed by atoms with E-state index in [2.05, 4.69) is 59.5 Å². The van der Waals surface area contributed by atoms with Gasteiger partial charge in [0.25, 0.3) is 0 Å². The van der Waals surface area contributed by atoms with Gasteiger partial charge in [0.15, 0.2) is 0 Å². The number of hydrogen-bond acceptors (Lipinski definition) is 1. The van der Waals surface area contributed by atoms with Crippen LogP contribution in [0.2, 0.25) is 0 Å². The van der Waals surface area contributed by atoms with Crippen LogP contribution in [0, 0.1) is 0 Å². The zero-order valence-electron chi connectivity index (χ0n) is 12.1. The molecule has 0 aliphatic carbocycles. The zero-order valence-corrected chi connectivity index (χ0v) is 12.1. The smallest absolute Gasteiger partial charge is 0.0236 e. The maximum atomic E-state index is 2.58. The van der Waals surface area contributed by atoms with Crippen LogP contribution in [0.1, 0.15) is 29.5 Å². The molecule has 0 saturated carbocycles. The Morgan fingerprint density at radius 1 is 0.700 bits per heavy atom. The Bertz CT molecular complexity index is 526. The zero-order chi connectivity index (χ0) is 13.6. The molecule has 0 N–H and O–H groups in total. The normalized spacial score (nSPS) is 15.6. The number of benzene rings is 2. The number of aryl methyl sites for hydroxylation is 2. The van der Waals surface area contributed by atoms with Crippen LogP contribution >= 0.6 is 0 Å². The first kappa shape index (κ1) is 13.4. The molecule has 1 fully saturated rings. The van der Waals surface area contributed by atoms with E-state index in [0.29, 0.717) is 0 Å². The van der Waals surface area contributed by atoms with E-state index < -0.39 is 0 Å². The third-order valence-corrected chi connectivity index (χ3v) is 4.24. The summed E-state index contributed by atoms with van der Waals surface area (Å²) < 4.78 is 0. The summed E-state index contributed by atoms with van der Waals surface area (Å²) in [6, 6.07) is 19.8. The lowest BCUT2D eigenvalue weighted by Crippen LogP contribution is -2.19. The van der Waals surface area contributed by atoms with Crippen molar-refractivity contribution < 1.29 is 0 Å². The van der Waals surface area contributed by atoms with Gasteiger partial charge >= 0.3 is 0 Å². The van der Waals surface area contributed by atoms with Crippen molar-refractivity contribution in [2.24, 2.45) is 0 Å². The standard InChI is InChI=1S/C19H23N/c1-2-8-17(9-3-1)12-13-18-10-4-5-11-19(18)16-20-14-6-7-15-20/h1-5,8-11H,6-7,12-16H2. The molecule has 0 spiro atoms. The van der Waals surface area contributed by atoms with Gasteiger partial charge in [-0.25, -0.2) is 0 Å². The molecule has 20 heavy (non-hydrogen) atoms. The van der Waals surface area contributed by atoms with Crippen LogP contribution in [-0.4, -0.2) is 18.0 Å². The summed E-state index contributed by atoms with van der Waals surface area (Å²) in [5.41, 5.74) is 4.47. The van der Waals surface area contributed by atoms with Crippen molar-refractivity contribution in [3.63, 3.8) is 0 Å². The number of hydrogen-bond donors (Lipinski definition) is 0. The Morgan fingerprint density at radius 3 is 2.10 bits per heavy atom. The molecule has 0 bridgehead atoms. The van der Waals surface area contributed by atoms with Crippen molar-refractivity contribution in [1.29, 1.82) is 0 Å². The molecule has 2 aromatic carbocycles. The predicted octanol–water partition coefficient (Wildman–Crippen LogP) is 4.07. The number of nitrogens with zero attached hydrogens (tertiary/aromatic N) is 1. The molecule has 0 aromatic heterocycles. The largest absolute Gasteiger partial charge is 0.299 e. The van der Waals surface area contributed by atoms with Gasteiger partial charge in [0.05, 0.1) is 0 Å². The summed E-state index contributed by atoms with van der Waals surface area (Å²) in [5.74, 6) is 0. The van der Waals surface area contributed by atoms with Crippen molar-refractivity contribution in [2.45, 2.75) is 32.2 Å². The van der Waals surface area contributed by atoms with E-state index in [4.69, 9.17) is 0 Å². The molecule has 0 radical (unpaired) electrons. The molecule has 1 aliphatic rings. The molecule has 0 unspecified atom stereocenters. The molecule has 3 rings (SSSR count). The van der Waals surface area contributed by atoms with Gasteiger partial charge < -0.3 is 0 Å². The fourth-order valence-corrected chi connectivity index (χ4v) is 3.06. The van der Waals surface area contributed by atoms with E-state index in [1.54, 1.807) is 0 Å². The summed E-state index contributed by atoms with van der Waals surface area (Å²) in [5, 5.41) is 0. The Morgan fingerprint density at radius 2 is 1.35 bits per heavy atom.